The third kappa shape index (κ3) is 7.00. The van der Waals surface area contributed by atoms with E-state index in [4.69, 9.17) is 0 Å². The highest BCUT2D eigenvalue weighted by molar-refractivity contribution is 8.00. The zero-order chi connectivity index (χ0) is 17.0. The average molecular weight is 321 g/mol. The Morgan fingerprint density at radius 2 is 1.64 bits per heavy atom. The molecule has 0 bridgehead atoms. The lowest BCUT2D eigenvalue weighted by Crippen LogP contribution is -2.21. The Bertz CT molecular complexity index is 479. The van der Waals surface area contributed by atoms with E-state index in [1.54, 1.807) is 6.92 Å². The van der Waals surface area contributed by atoms with Crippen molar-refractivity contribution >= 4 is 17.5 Å². The first-order chi connectivity index (χ1) is 9.99. The van der Waals surface area contributed by atoms with Crippen molar-refractivity contribution in [3.63, 3.8) is 0 Å². The zero-order valence-electron chi connectivity index (χ0n) is 15.3. The van der Waals surface area contributed by atoms with Crippen LogP contribution in [0, 0.1) is 5.92 Å². The predicted octanol–water partition coefficient (Wildman–Crippen LogP) is 5.65. The number of thioether (sulfide) groups is 1. The molecule has 0 radical (unpaired) electrons. The second kappa shape index (κ2) is 7.68. The Balaban J connectivity index is 2.52. The van der Waals surface area contributed by atoms with Crippen molar-refractivity contribution in [3.05, 3.63) is 35.4 Å². The molecule has 1 aromatic rings. The topological polar surface area (TPSA) is 17.1 Å². The molecule has 1 unspecified atom stereocenters. The highest BCUT2D eigenvalue weighted by Crippen LogP contribution is 2.31. The number of Topliss-reactive ketones (excluding diaryl/α,β-unsaturated/α-hetero) is 1. The van der Waals surface area contributed by atoms with Crippen molar-refractivity contribution in [3.8, 4) is 0 Å². The lowest BCUT2D eigenvalue weighted by molar-refractivity contribution is -0.117. The summed E-state index contributed by atoms with van der Waals surface area (Å²) < 4.78 is 0.0518. The number of hydrogen-bond donors (Lipinski definition) is 0. The van der Waals surface area contributed by atoms with E-state index < -0.39 is 0 Å². The van der Waals surface area contributed by atoms with Crippen LogP contribution in [-0.4, -0.2) is 16.3 Å². The molecular formula is C20H32OS. The van der Waals surface area contributed by atoms with Crippen LogP contribution in [0.4, 0.5) is 0 Å². The second-order valence-electron chi connectivity index (χ2n) is 8.21. The van der Waals surface area contributed by atoms with Crippen LogP contribution in [0.5, 0.6) is 0 Å². The summed E-state index contributed by atoms with van der Waals surface area (Å²) in [6, 6.07) is 9.05. The SMILES string of the molecule is CC(=O)CC(C)(C)SCC(C)Cc1ccc(C(C)(C)C)cc1. The fourth-order valence-electron chi connectivity index (χ4n) is 2.62. The summed E-state index contributed by atoms with van der Waals surface area (Å²) in [6.45, 7) is 15.1. The zero-order valence-corrected chi connectivity index (χ0v) is 16.1. The van der Waals surface area contributed by atoms with Gasteiger partial charge in [0.05, 0.1) is 0 Å². The molecule has 0 heterocycles. The molecule has 1 rings (SSSR count). The molecule has 0 spiro atoms. The van der Waals surface area contributed by atoms with E-state index in [2.05, 4.69) is 65.8 Å². The van der Waals surface area contributed by atoms with Crippen molar-refractivity contribution in [1.82, 2.24) is 0 Å². The minimum atomic E-state index is 0.0518. The molecule has 0 saturated heterocycles. The molecule has 0 aliphatic rings. The van der Waals surface area contributed by atoms with Crippen LogP contribution in [0.25, 0.3) is 0 Å². The smallest absolute Gasteiger partial charge is 0.131 e. The number of hydrogen-bond acceptors (Lipinski definition) is 2. The quantitative estimate of drug-likeness (QED) is 0.645. The molecule has 0 amide bonds. The van der Waals surface area contributed by atoms with Crippen LogP contribution in [0.1, 0.15) is 66.0 Å². The Hall–Kier alpha value is -0.760. The van der Waals surface area contributed by atoms with Crippen molar-refractivity contribution in [2.45, 2.75) is 71.5 Å². The minimum absolute atomic E-state index is 0.0518. The van der Waals surface area contributed by atoms with Gasteiger partial charge in [-0.3, -0.25) is 4.79 Å². The minimum Gasteiger partial charge on any atom is -0.300 e. The van der Waals surface area contributed by atoms with Crippen molar-refractivity contribution in [2.24, 2.45) is 5.92 Å². The molecule has 1 atom stereocenters. The van der Waals surface area contributed by atoms with Gasteiger partial charge in [-0.25, -0.2) is 0 Å². The maximum Gasteiger partial charge on any atom is 0.131 e. The summed E-state index contributed by atoms with van der Waals surface area (Å²) in [5.41, 5.74) is 3.02. The van der Waals surface area contributed by atoms with Gasteiger partial charge in [0, 0.05) is 11.2 Å². The van der Waals surface area contributed by atoms with Crippen molar-refractivity contribution in [2.75, 3.05) is 5.75 Å². The van der Waals surface area contributed by atoms with Crippen LogP contribution < -0.4 is 0 Å². The molecule has 1 aromatic carbocycles. The van der Waals surface area contributed by atoms with Gasteiger partial charge in [-0.05, 0) is 41.6 Å². The van der Waals surface area contributed by atoms with Crippen molar-refractivity contribution < 1.29 is 4.79 Å². The summed E-state index contributed by atoms with van der Waals surface area (Å²) >= 11 is 1.92. The third-order valence-corrected chi connectivity index (χ3v) is 5.50. The first-order valence-corrected chi connectivity index (χ1v) is 9.21. The molecule has 124 valence electrons. The van der Waals surface area contributed by atoms with E-state index >= 15 is 0 Å². The summed E-state index contributed by atoms with van der Waals surface area (Å²) in [5.74, 6) is 2.00. The predicted molar refractivity (Wildman–Crippen MR) is 99.8 cm³/mol. The number of ketones is 1. The standard InChI is InChI=1S/C20H32OS/c1-15(14-22-20(6,7)13-16(2)21)12-17-8-10-18(11-9-17)19(3,4)5/h8-11,15H,12-14H2,1-7H3. The first kappa shape index (κ1) is 19.3. The second-order valence-corrected chi connectivity index (χ2v) is 9.93. The van der Waals surface area contributed by atoms with Crippen LogP contribution in [0.15, 0.2) is 24.3 Å². The number of carbonyl (C=O) groups is 1. The van der Waals surface area contributed by atoms with Gasteiger partial charge in [0.25, 0.3) is 0 Å². The summed E-state index contributed by atoms with van der Waals surface area (Å²) in [7, 11) is 0. The Morgan fingerprint density at radius 1 is 1.09 bits per heavy atom. The van der Waals surface area contributed by atoms with Gasteiger partial charge >= 0.3 is 0 Å². The number of carbonyl (C=O) groups excluding carboxylic acids is 1. The normalized spacial score (nSPS) is 14.0. The highest BCUT2D eigenvalue weighted by Gasteiger charge is 2.21. The molecule has 0 aliphatic carbocycles. The summed E-state index contributed by atoms with van der Waals surface area (Å²) in [5, 5.41) is 0. The van der Waals surface area contributed by atoms with Gasteiger partial charge in [-0.15, -0.1) is 0 Å². The van der Waals surface area contributed by atoms with Gasteiger partial charge in [-0.2, -0.15) is 11.8 Å². The van der Waals surface area contributed by atoms with E-state index in [9.17, 15) is 4.79 Å². The molecule has 0 aromatic heterocycles. The van der Waals surface area contributed by atoms with Gasteiger partial charge < -0.3 is 0 Å². The van der Waals surface area contributed by atoms with Crippen molar-refractivity contribution in [1.29, 1.82) is 0 Å². The first-order valence-electron chi connectivity index (χ1n) is 8.22. The monoisotopic (exact) mass is 320 g/mol. The lowest BCUT2D eigenvalue weighted by Gasteiger charge is -2.25. The van der Waals surface area contributed by atoms with Gasteiger partial charge in [-0.1, -0.05) is 65.8 Å². The summed E-state index contributed by atoms with van der Waals surface area (Å²) in [4.78, 5) is 11.3. The molecule has 0 saturated carbocycles. The molecule has 0 N–H and O–H groups in total. The fraction of sp³-hybridized carbons (Fsp3) is 0.650. The van der Waals surface area contributed by atoms with E-state index in [0.717, 1.165) is 12.2 Å². The van der Waals surface area contributed by atoms with E-state index in [1.807, 2.05) is 11.8 Å². The average Bonchev–Trinajstić information content (AvgIpc) is 2.34. The van der Waals surface area contributed by atoms with Crippen LogP contribution in [-0.2, 0) is 16.6 Å². The Kier molecular flexibility index (Phi) is 6.73. The molecule has 1 nitrogen and oxygen atoms in total. The Morgan fingerprint density at radius 3 is 2.09 bits per heavy atom. The molecule has 22 heavy (non-hydrogen) atoms. The maximum absolute atomic E-state index is 11.3. The van der Waals surface area contributed by atoms with Gasteiger partial charge in [0.15, 0.2) is 0 Å². The highest BCUT2D eigenvalue weighted by atomic mass is 32.2. The van der Waals surface area contributed by atoms with Gasteiger partial charge in [0.2, 0.25) is 0 Å². The van der Waals surface area contributed by atoms with E-state index in [-0.39, 0.29) is 15.9 Å². The number of rotatable bonds is 7. The fourth-order valence-corrected chi connectivity index (χ4v) is 3.78. The molecule has 2 heteroatoms. The van der Waals surface area contributed by atoms with Crippen LogP contribution in [0.3, 0.4) is 0 Å². The molecular weight excluding hydrogens is 288 g/mol. The molecule has 0 fully saturated rings. The Labute approximate surface area is 141 Å². The van der Waals surface area contributed by atoms with Crippen LogP contribution >= 0.6 is 11.8 Å². The number of benzene rings is 1. The maximum atomic E-state index is 11.3. The third-order valence-electron chi connectivity index (χ3n) is 3.84. The van der Waals surface area contributed by atoms with E-state index in [1.165, 1.54) is 11.1 Å². The largest absolute Gasteiger partial charge is 0.300 e. The summed E-state index contributed by atoms with van der Waals surface area (Å²) in [6.07, 6.45) is 1.76. The van der Waals surface area contributed by atoms with E-state index in [0.29, 0.717) is 12.3 Å². The molecule has 0 aliphatic heterocycles. The van der Waals surface area contributed by atoms with Crippen LogP contribution in [0.2, 0.25) is 0 Å². The van der Waals surface area contributed by atoms with Gasteiger partial charge in [0.1, 0.15) is 5.78 Å². The lowest BCUT2D eigenvalue weighted by atomic mass is 9.86.